The van der Waals surface area contributed by atoms with Crippen molar-refractivity contribution in [1.82, 2.24) is 9.97 Å². The van der Waals surface area contributed by atoms with Crippen LogP contribution in [0.5, 0.6) is 5.75 Å². The van der Waals surface area contributed by atoms with Crippen LogP contribution in [0.4, 0.5) is 5.69 Å². The van der Waals surface area contributed by atoms with Crippen LogP contribution in [0, 0.1) is 0 Å². The molecule has 25 heavy (non-hydrogen) atoms. The van der Waals surface area contributed by atoms with Crippen molar-refractivity contribution >= 4 is 22.6 Å². The topological polar surface area (TPSA) is 93.0 Å². The van der Waals surface area contributed by atoms with Crippen LogP contribution in [0.15, 0.2) is 42.5 Å². The molecule has 6 nitrogen and oxygen atoms in total. The van der Waals surface area contributed by atoms with Gasteiger partial charge in [0.15, 0.2) is 0 Å². The summed E-state index contributed by atoms with van der Waals surface area (Å²) >= 11 is 0. The fourth-order valence-corrected chi connectivity index (χ4v) is 2.54. The number of fused-ring (bicyclic) bond motifs is 1. The second kappa shape index (κ2) is 7.81. The monoisotopic (exact) mass is 338 g/mol. The van der Waals surface area contributed by atoms with Crippen LogP contribution < -0.4 is 15.8 Å². The molecule has 4 N–H and O–H groups in total. The van der Waals surface area contributed by atoms with E-state index in [1.54, 1.807) is 6.07 Å². The molecule has 0 aliphatic rings. The van der Waals surface area contributed by atoms with Gasteiger partial charge < -0.3 is 20.8 Å². The van der Waals surface area contributed by atoms with E-state index in [1.165, 1.54) is 0 Å². The molecular formula is C19H22N4O2. The molecule has 0 atom stereocenters. The molecule has 0 fully saturated rings. The van der Waals surface area contributed by atoms with Crippen LogP contribution in [0.25, 0.3) is 11.0 Å². The fraction of sp³-hybridized carbons (Fsp3) is 0.263. The van der Waals surface area contributed by atoms with Gasteiger partial charge in [-0.25, -0.2) is 4.98 Å². The predicted molar refractivity (Wildman–Crippen MR) is 98.8 cm³/mol. The van der Waals surface area contributed by atoms with E-state index in [0.717, 1.165) is 23.9 Å². The number of imidazole rings is 1. The Morgan fingerprint density at radius 3 is 2.92 bits per heavy atom. The van der Waals surface area contributed by atoms with Crippen molar-refractivity contribution in [2.45, 2.75) is 26.3 Å². The molecular weight excluding hydrogens is 316 g/mol. The fourth-order valence-electron chi connectivity index (χ4n) is 2.54. The quantitative estimate of drug-likeness (QED) is 0.575. The summed E-state index contributed by atoms with van der Waals surface area (Å²) in [5.41, 5.74) is 8.46. The van der Waals surface area contributed by atoms with Gasteiger partial charge in [-0.15, -0.1) is 0 Å². The maximum atomic E-state index is 12.6. The number of anilines is 1. The molecule has 0 radical (unpaired) electrons. The first-order valence-corrected chi connectivity index (χ1v) is 8.43. The Kier molecular flexibility index (Phi) is 5.30. The number of amides is 1. The minimum atomic E-state index is -0.204. The molecule has 130 valence electrons. The van der Waals surface area contributed by atoms with Crippen molar-refractivity contribution in [3.05, 3.63) is 53.9 Å². The van der Waals surface area contributed by atoms with Gasteiger partial charge in [0.25, 0.3) is 5.91 Å². The largest absolute Gasteiger partial charge is 0.493 e. The van der Waals surface area contributed by atoms with Gasteiger partial charge in [-0.1, -0.05) is 25.5 Å². The third-order valence-electron chi connectivity index (χ3n) is 3.87. The summed E-state index contributed by atoms with van der Waals surface area (Å²) < 4.78 is 5.73. The number of hydrogen-bond donors (Lipinski definition) is 3. The molecule has 0 saturated carbocycles. The zero-order valence-electron chi connectivity index (χ0n) is 14.2. The number of nitrogens with two attached hydrogens (primary N) is 1. The van der Waals surface area contributed by atoms with Crippen LogP contribution in [0.2, 0.25) is 0 Å². The zero-order valence-corrected chi connectivity index (χ0v) is 14.2. The highest BCUT2D eigenvalue weighted by Gasteiger charge is 2.13. The van der Waals surface area contributed by atoms with Gasteiger partial charge in [-0.3, -0.25) is 4.79 Å². The third kappa shape index (κ3) is 3.97. The Balaban J connectivity index is 1.78. The highest BCUT2D eigenvalue weighted by Crippen LogP contribution is 2.22. The maximum Gasteiger partial charge on any atom is 0.259 e. The third-order valence-corrected chi connectivity index (χ3v) is 3.87. The molecule has 0 bridgehead atoms. The molecule has 1 amide bonds. The number of benzene rings is 2. The van der Waals surface area contributed by atoms with E-state index >= 15 is 0 Å². The maximum absolute atomic E-state index is 12.6. The average molecular weight is 338 g/mol. The van der Waals surface area contributed by atoms with E-state index in [4.69, 9.17) is 10.5 Å². The van der Waals surface area contributed by atoms with E-state index in [2.05, 4.69) is 22.2 Å². The number of aromatic nitrogens is 2. The molecule has 3 rings (SSSR count). The molecule has 0 aliphatic carbocycles. The van der Waals surface area contributed by atoms with Crippen molar-refractivity contribution in [3.63, 3.8) is 0 Å². The summed E-state index contributed by atoms with van der Waals surface area (Å²) in [5, 5.41) is 2.91. The lowest BCUT2D eigenvalue weighted by Crippen LogP contribution is -2.14. The first-order valence-electron chi connectivity index (χ1n) is 8.43. The van der Waals surface area contributed by atoms with Gasteiger partial charge in [0, 0.05) is 5.69 Å². The van der Waals surface area contributed by atoms with Gasteiger partial charge in [-0.2, -0.15) is 0 Å². The molecule has 1 heterocycles. The Hall–Kier alpha value is -2.86. The van der Waals surface area contributed by atoms with Crippen LogP contribution in [0.1, 0.15) is 35.9 Å². The molecule has 2 aromatic carbocycles. The lowest BCUT2D eigenvalue weighted by atomic mass is 10.1. The van der Waals surface area contributed by atoms with E-state index in [-0.39, 0.29) is 5.91 Å². The number of nitrogens with one attached hydrogen (secondary N) is 2. The summed E-state index contributed by atoms with van der Waals surface area (Å²) in [6.07, 6.45) is 2.00. The summed E-state index contributed by atoms with van der Waals surface area (Å²) in [6.45, 7) is 3.05. The number of aromatic amines is 1. The molecule has 0 aliphatic heterocycles. The van der Waals surface area contributed by atoms with Gasteiger partial charge in [0.1, 0.15) is 11.6 Å². The van der Waals surface area contributed by atoms with E-state index < -0.39 is 0 Å². The van der Waals surface area contributed by atoms with Crippen molar-refractivity contribution in [1.29, 1.82) is 0 Å². The Labute approximate surface area is 146 Å². The minimum absolute atomic E-state index is 0.204. The highest BCUT2D eigenvalue weighted by atomic mass is 16.5. The van der Waals surface area contributed by atoms with Crippen LogP contribution in [0.3, 0.4) is 0 Å². The number of ether oxygens (including phenoxy) is 1. The highest BCUT2D eigenvalue weighted by molar-refractivity contribution is 6.06. The molecule has 0 saturated heterocycles. The number of nitrogens with zero attached hydrogens (tertiary/aromatic N) is 1. The lowest BCUT2D eigenvalue weighted by molar-refractivity contribution is 0.102. The SMILES string of the molecule is CCCCOc1ccccc1C(=O)Nc1ccc2nc(CN)[nH]c2c1. The number of hydrogen-bond acceptors (Lipinski definition) is 4. The number of carbonyl (C=O) groups excluding carboxylic acids is 1. The summed E-state index contributed by atoms with van der Waals surface area (Å²) in [5.74, 6) is 1.11. The Morgan fingerprint density at radius 1 is 1.28 bits per heavy atom. The van der Waals surface area contributed by atoms with Crippen LogP contribution in [-0.4, -0.2) is 22.5 Å². The summed E-state index contributed by atoms with van der Waals surface area (Å²) in [4.78, 5) is 20.1. The van der Waals surface area contributed by atoms with Gasteiger partial charge in [0.2, 0.25) is 0 Å². The second-order valence-electron chi connectivity index (χ2n) is 5.77. The lowest BCUT2D eigenvalue weighted by Gasteiger charge is -2.11. The number of H-pyrrole nitrogens is 1. The van der Waals surface area contributed by atoms with Crippen LogP contribution in [-0.2, 0) is 6.54 Å². The normalized spacial score (nSPS) is 10.8. The van der Waals surface area contributed by atoms with Gasteiger partial charge >= 0.3 is 0 Å². The number of unbranched alkanes of at least 4 members (excludes halogenated alkanes) is 1. The summed E-state index contributed by atoms with van der Waals surface area (Å²) in [6, 6.07) is 12.8. The standard InChI is InChI=1S/C19H22N4O2/c1-2-3-10-25-17-7-5-4-6-14(17)19(24)21-13-8-9-15-16(11-13)23-18(12-20)22-15/h4-9,11H,2-3,10,12,20H2,1H3,(H,21,24)(H,22,23). The Morgan fingerprint density at radius 2 is 2.12 bits per heavy atom. The molecule has 1 aromatic heterocycles. The first-order chi connectivity index (χ1) is 12.2. The molecule has 0 spiro atoms. The zero-order chi connectivity index (χ0) is 17.6. The minimum Gasteiger partial charge on any atom is -0.493 e. The number of carbonyl (C=O) groups is 1. The molecule has 6 heteroatoms. The summed E-state index contributed by atoms with van der Waals surface area (Å²) in [7, 11) is 0. The number of rotatable bonds is 7. The molecule has 0 unspecified atom stereocenters. The number of para-hydroxylation sites is 1. The Bertz CT molecular complexity index is 873. The smallest absolute Gasteiger partial charge is 0.259 e. The first kappa shape index (κ1) is 17.0. The van der Waals surface area contributed by atoms with Crippen molar-refractivity contribution < 1.29 is 9.53 Å². The van der Waals surface area contributed by atoms with Crippen molar-refractivity contribution in [2.24, 2.45) is 5.73 Å². The second-order valence-corrected chi connectivity index (χ2v) is 5.77. The van der Waals surface area contributed by atoms with Gasteiger partial charge in [0.05, 0.1) is 29.7 Å². The van der Waals surface area contributed by atoms with Crippen molar-refractivity contribution in [3.8, 4) is 5.75 Å². The molecule has 3 aromatic rings. The van der Waals surface area contributed by atoms with Crippen LogP contribution >= 0.6 is 0 Å². The average Bonchev–Trinajstić information content (AvgIpc) is 3.05. The van der Waals surface area contributed by atoms with E-state index in [0.29, 0.717) is 36.0 Å². The van der Waals surface area contributed by atoms with E-state index in [9.17, 15) is 4.79 Å². The van der Waals surface area contributed by atoms with Crippen molar-refractivity contribution in [2.75, 3.05) is 11.9 Å². The van der Waals surface area contributed by atoms with Gasteiger partial charge in [-0.05, 0) is 36.8 Å². The van der Waals surface area contributed by atoms with E-state index in [1.807, 2.05) is 36.4 Å². The predicted octanol–water partition coefficient (Wildman–Crippen LogP) is 3.45.